The molecule has 164 valence electrons. The van der Waals surface area contributed by atoms with Gasteiger partial charge in [0.1, 0.15) is 29.8 Å². The van der Waals surface area contributed by atoms with Crippen LogP contribution in [0, 0.1) is 0 Å². The summed E-state index contributed by atoms with van der Waals surface area (Å²) in [6.45, 7) is 2.34. The van der Waals surface area contributed by atoms with Crippen molar-refractivity contribution >= 4 is 22.7 Å². The number of ether oxygens (including phenoxy) is 3. The van der Waals surface area contributed by atoms with Gasteiger partial charge in [-0.05, 0) is 18.1 Å². The van der Waals surface area contributed by atoms with Crippen LogP contribution in [0.4, 0.5) is 0 Å². The highest BCUT2D eigenvalue weighted by Crippen LogP contribution is 2.40. The van der Waals surface area contributed by atoms with Crippen molar-refractivity contribution in [2.75, 3.05) is 14.1 Å². The zero-order valence-electron chi connectivity index (χ0n) is 18.0. The number of carbonyl (C=O) groups excluding carboxylic acids is 1. The third kappa shape index (κ3) is 5.18. The van der Waals surface area contributed by atoms with Crippen LogP contribution in [-0.4, -0.2) is 59.7 Å². The van der Waals surface area contributed by atoms with Gasteiger partial charge in [0.2, 0.25) is 0 Å². The fraction of sp³-hybridized carbons (Fsp3) is 0.417. The maximum Gasteiger partial charge on any atom is 0.161 e. The first-order valence-corrected chi connectivity index (χ1v) is 11.3. The fourth-order valence-electron chi connectivity index (χ4n) is 3.77. The minimum absolute atomic E-state index is 0.0660. The number of hydrogen-bond donors (Lipinski definition) is 0. The van der Waals surface area contributed by atoms with Gasteiger partial charge in [0, 0.05) is 14.1 Å². The van der Waals surface area contributed by atoms with Gasteiger partial charge >= 0.3 is 0 Å². The van der Waals surface area contributed by atoms with Crippen molar-refractivity contribution in [1.82, 2.24) is 4.90 Å². The minimum Gasteiger partial charge on any atom is -0.368 e. The molecule has 0 aromatic heterocycles. The van der Waals surface area contributed by atoms with E-state index in [-0.39, 0.29) is 17.3 Å². The summed E-state index contributed by atoms with van der Waals surface area (Å²) in [5.41, 5.74) is 1.82. The predicted molar refractivity (Wildman–Crippen MR) is 122 cm³/mol. The second kappa shape index (κ2) is 9.96. The quantitative estimate of drug-likeness (QED) is 0.657. The molecule has 2 aromatic carbocycles. The van der Waals surface area contributed by atoms with Crippen LogP contribution >= 0.6 is 11.8 Å². The fourth-order valence-corrected chi connectivity index (χ4v) is 4.91. The van der Waals surface area contributed by atoms with Crippen LogP contribution in [0.5, 0.6) is 0 Å². The number of hydrogen-bond acceptors (Lipinski definition) is 7. The number of nitrogens with zero attached hydrogens (tertiary/aromatic N) is 2. The van der Waals surface area contributed by atoms with Gasteiger partial charge < -0.3 is 19.1 Å². The molecule has 6 nitrogen and oxygen atoms in total. The van der Waals surface area contributed by atoms with Crippen molar-refractivity contribution in [2.45, 2.75) is 49.9 Å². The second-order valence-electron chi connectivity index (χ2n) is 7.97. The minimum atomic E-state index is -0.699. The molecule has 0 aliphatic carbocycles. The normalized spacial score (nSPS) is 27.5. The summed E-state index contributed by atoms with van der Waals surface area (Å²) in [7, 11) is 3.91. The van der Waals surface area contributed by atoms with Gasteiger partial charge in [0.15, 0.2) is 11.0 Å². The zero-order valence-corrected chi connectivity index (χ0v) is 18.8. The maximum absolute atomic E-state index is 12.5. The number of amidine groups is 1. The largest absolute Gasteiger partial charge is 0.368 e. The van der Waals surface area contributed by atoms with Gasteiger partial charge in [-0.3, -0.25) is 9.79 Å². The predicted octanol–water partition coefficient (Wildman–Crippen LogP) is 3.50. The maximum atomic E-state index is 12.5. The Morgan fingerprint density at radius 2 is 1.52 bits per heavy atom. The van der Waals surface area contributed by atoms with Crippen LogP contribution in [0.25, 0.3) is 0 Å². The lowest BCUT2D eigenvalue weighted by molar-refractivity contribution is -0.198. The van der Waals surface area contributed by atoms with Crippen LogP contribution in [0.1, 0.15) is 18.1 Å². The summed E-state index contributed by atoms with van der Waals surface area (Å²) >= 11 is 1.53. The number of thioether (sulfide) groups is 1. The van der Waals surface area contributed by atoms with Crippen LogP contribution in [0.3, 0.4) is 0 Å². The van der Waals surface area contributed by atoms with E-state index in [4.69, 9.17) is 19.2 Å². The van der Waals surface area contributed by atoms with E-state index in [0.29, 0.717) is 13.2 Å². The van der Waals surface area contributed by atoms with Crippen molar-refractivity contribution in [1.29, 1.82) is 0 Å². The molecule has 7 heteroatoms. The van der Waals surface area contributed by atoms with Crippen LogP contribution in [0.2, 0.25) is 0 Å². The number of fused-ring (bicyclic) bond motifs is 1. The Balaban J connectivity index is 1.60. The highest BCUT2D eigenvalue weighted by atomic mass is 32.2. The third-order valence-corrected chi connectivity index (χ3v) is 6.66. The average molecular weight is 441 g/mol. The summed E-state index contributed by atoms with van der Waals surface area (Å²) in [5, 5.41) is 0.870. The first kappa shape index (κ1) is 22.0. The molecule has 4 rings (SSSR count). The Bertz CT molecular complexity index is 906. The average Bonchev–Trinajstić information content (AvgIpc) is 3.22. The summed E-state index contributed by atoms with van der Waals surface area (Å²) in [4.78, 5) is 19.4. The van der Waals surface area contributed by atoms with E-state index >= 15 is 0 Å². The van der Waals surface area contributed by atoms with Gasteiger partial charge in [-0.25, -0.2) is 0 Å². The zero-order chi connectivity index (χ0) is 21.8. The number of ketones is 1. The smallest absolute Gasteiger partial charge is 0.161 e. The molecule has 2 aliphatic rings. The van der Waals surface area contributed by atoms with E-state index < -0.39 is 18.3 Å². The Hall–Kier alpha value is -2.19. The van der Waals surface area contributed by atoms with E-state index in [1.54, 1.807) is 6.92 Å². The van der Waals surface area contributed by atoms with E-state index in [1.807, 2.05) is 79.7 Å². The molecule has 1 saturated heterocycles. The Morgan fingerprint density at radius 3 is 2.03 bits per heavy atom. The van der Waals surface area contributed by atoms with Crippen molar-refractivity contribution in [2.24, 2.45) is 4.99 Å². The van der Waals surface area contributed by atoms with Crippen molar-refractivity contribution in [3.8, 4) is 0 Å². The third-order valence-electron chi connectivity index (χ3n) is 5.35. The molecule has 0 unspecified atom stereocenters. The second-order valence-corrected chi connectivity index (χ2v) is 9.04. The number of aliphatic imine (C=N–C) groups is 1. The van der Waals surface area contributed by atoms with E-state index in [2.05, 4.69) is 0 Å². The van der Waals surface area contributed by atoms with Crippen molar-refractivity contribution in [3.63, 3.8) is 0 Å². The molecule has 0 saturated carbocycles. The van der Waals surface area contributed by atoms with Gasteiger partial charge in [0.05, 0.1) is 13.2 Å². The first-order chi connectivity index (χ1) is 15.0. The lowest BCUT2D eigenvalue weighted by Gasteiger charge is -2.41. The standard InChI is InChI=1S/C24H28N2O4S/c1-16(27)20-22(29-15-18-12-8-5-9-13-18)21(28-14-17-10-6-4-7-11-17)19-23(30-20)31-24(25-19)26(2)3/h4-13,19-23H,14-15H2,1-3H3/t19-,20-,21-,22+,23-/m1/s1. The molecule has 0 spiro atoms. The molecular weight excluding hydrogens is 412 g/mol. The summed E-state index contributed by atoms with van der Waals surface area (Å²) < 4.78 is 18.9. The lowest BCUT2D eigenvalue weighted by atomic mass is 9.95. The number of rotatable bonds is 7. The molecule has 31 heavy (non-hydrogen) atoms. The van der Waals surface area contributed by atoms with Crippen LogP contribution in [-0.2, 0) is 32.2 Å². The summed E-state index contributed by atoms with van der Waals surface area (Å²) in [6.07, 6.45) is -1.65. The van der Waals surface area contributed by atoms with Crippen molar-refractivity contribution < 1.29 is 19.0 Å². The van der Waals surface area contributed by atoms with E-state index in [0.717, 1.165) is 16.3 Å². The Labute approximate surface area is 187 Å². The van der Waals surface area contributed by atoms with Gasteiger partial charge in [-0.2, -0.15) is 0 Å². The summed E-state index contributed by atoms with van der Waals surface area (Å²) in [5.74, 6) is -0.0660. The number of benzene rings is 2. The highest BCUT2D eigenvalue weighted by molar-refractivity contribution is 8.14. The Kier molecular flexibility index (Phi) is 7.07. The van der Waals surface area contributed by atoms with Gasteiger partial charge in [-0.15, -0.1) is 0 Å². The molecule has 0 amide bonds. The van der Waals surface area contributed by atoms with Crippen LogP contribution in [0.15, 0.2) is 65.7 Å². The molecule has 1 fully saturated rings. The van der Waals surface area contributed by atoms with Crippen LogP contribution < -0.4 is 0 Å². The van der Waals surface area contributed by atoms with Crippen molar-refractivity contribution in [3.05, 3.63) is 71.8 Å². The SMILES string of the molecule is CC(=O)[C@H]1O[C@@H]2SC(N(C)C)=N[C@@H]2[C@@H](OCc2ccccc2)[C@H]1OCc1ccccc1. The summed E-state index contributed by atoms with van der Waals surface area (Å²) in [6, 6.07) is 19.7. The molecule has 0 radical (unpaired) electrons. The number of carbonyl (C=O) groups is 1. The first-order valence-electron chi connectivity index (χ1n) is 10.4. The molecular formula is C24H28N2O4S. The Morgan fingerprint density at radius 1 is 0.968 bits per heavy atom. The lowest BCUT2D eigenvalue weighted by Crippen LogP contribution is -2.58. The molecule has 0 N–H and O–H groups in total. The van der Waals surface area contributed by atoms with Gasteiger partial charge in [-0.1, -0.05) is 72.4 Å². The van der Waals surface area contributed by atoms with E-state index in [1.165, 1.54) is 11.8 Å². The highest BCUT2D eigenvalue weighted by Gasteiger charge is 2.52. The molecule has 2 heterocycles. The molecule has 0 bridgehead atoms. The molecule has 5 atom stereocenters. The number of Topliss-reactive ketones (excluding diaryl/α,β-unsaturated/α-hetero) is 1. The monoisotopic (exact) mass is 440 g/mol. The van der Waals surface area contributed by atoms with E-state index in [9.17, 15) is 4.79 Å². The topological polar surface area (TPSA) is 60.4 Å². The molecule has 2 aromatic rings. The molecule has 2 aliphatic heterocycles. The van der Waals surface area contributed by atoms with Gasteiger partial charge in [0.25, 0.3) is 0 Å².